The van der Waals surface area contributed by atoms with Crippen LogP contribution in [-0.2, 0) is 4.74 Å². The van der Waals surface area contributed by atoms with Crippen LogP contribution in [0.3, 0.4) is 0 Å². The number of hydrogen-bond donors (Lipinski definition) is 1. The number of ether oxygens (including phenoxy) is 2. The van der Waals surface area contributed by atoms with E-state index in [4.69, 9.17) is 16.3 Å². The van der Waals surface area contributed by atoms with Crippen molar-refractivity contribution in [2.45, 2.75) is 6.92 Å². The molecule has 0 spiro atoms. The molecule has 6 nitrogen and oxygen atoms in total. The number of benzene rings is 1. The van der Waals surface area contributed by atoms with Gasteiger partial charge < -0.3 is 9.47 Å². The summed E-state index contributed by atoms with van der Waals surface area (Å²) < 4.78 is 10.1. The molecule has 0 saturated carbocycles. The van der Waals surface area contributed by atoms with Gasteiger partial charge in [-0.1, -0.05) is 11.6 Å². The van der Waals surface area contributed by atoms with Gasteiger partial charge in [0.15, 0.2) is 11.3 Å². The second kappa shape index (κ2) is 4.58. The molecule has 2 aromatic rings. The number of halogens is 1. The lowest BCUT2D eigenvalue weighted by atomic mass is 10.1. The minimum atomic E-state index is -0.528. The molecule has 1 N–H and O–H groups in total. The number of nitrogens with zero attached hydrogens (tertiary/aromatic N) is 2. The fraction of sp³-hybridized carbons (Fsp3) is 0.300. The summed E-state index contributed by atoms with van der Waals surface area (Å²) in [5, 5.41) is 10.6. The van der Waals surface area contributed by atoms with Crippen LogP contribution in [0.2, 0.25) is 5.02 Å². The van der Waals surface area contributed by atoms with E-state index < -0.39 is 5.97 Å². The van der Waals surface area contributed by atoms with E-state index in [0.717, 1.165) is 0 Å². The number of nitrogens with one attached hydrogen (secondary N) is 1. The normalized spacial score (nSPS) is 10.5. The van der Waals surface area contributed by atoms with Crippen LogP contribution in [0.25, 0.3) is 11.0 Å². The second-order valence-electron chi connectivity index (χ2n) is 3.18. The van der Waals surface area contributed by atoms with Crippen LogP contribution in [0.1, 0.15) is 17.3 Å². The maximum Gasteiger partial charge on any atom is 0.341 e. The van der Waals surface area contributed by atoms with Gasteiger partial charge in [0.2, 0.25) is 0 Å². The number of carbonyl (C=O) groups is 1. The fourth-order valence-electron chi connectivity index (χ4n) is 1.50. The van der Waals surface area contributed by atoms with Crippen molar-refractivity contribution in [3.8, 4) is 5.75 Å². The SMILES string of the molecule is CCOc1c(C(=O)OC)cc(Cl)c2n[nH]nc12. The van der Waals surface area contributed by atoms with Crippen molar-refractivity contribution >= 4 is 28.6 Å². The van der Waals surface area contributed by atoms with Crippen molar-refractivity contribution < 1.29 is 14.3 Å². The van der Waals surface area contributed by atoms with Crippen LogP contribution in [0, 0.1) is 0 Å². The maximum atomic E-state index is 11.6. The predicted molar refractivity (Wildman–Crippen MR) is 61.4 cm³/mol. The zero-order chi connectivity index (χ0) is 12.4. The van der Waals surface area contributed by atoms with Crippen LogP contribution in [0.4, 0.5) is 0 Å². The fourth-order valence-corrected chi connectivity index (χ4v) is 1.74. The van der Waals surface area contributed by atoms with E-state index in [1.807, 2.05) is 6.92 Å². The average molecular weight is 256 g/mol. The topological polar surface area (TPSA) is 77.1 Å². The molecule has 0 bridgehead atoms. The molecule has 0 radical (unpaired) electrons. The number of H-pyrrole nitrogens is 1. The molecule has 0 amide bonds. The molecule has 1 aromatic carbocycles. The van der Waals surface area contributed by atoms with Crippen molar-refractivity contribution in [2.75, 3.05) is 13.7 Å². The Labute approximate surface area is 102 Å². The van der Waals surface area contributed by atoms with Crippen LogP contribution in [-0.4, -0.2) is 35.1 Å². The first-order chi connectivity index (χ1) is 8.19. The molecule has 0 fully saturated rings. The van der Waals surface area contributed by atoms with Gasteiger partial charge in [-0.2, -0.15) is 15.4 Å². The lowest BCUT2D eigenvalue weighted by molar-refractivity contribution is 0.0596. The largest absolute Gasteiger partial charge is 0.491 e. The van der Waals surface area contributed by atoms with E-state index in [-0.39, 0.29) is 5.56 Å². The number of aromatic nitrogens is 3. The molecule has 0 saturated heterocycles. The Kier molecular flexibility index (Phi) is 3.14. The Morgan fingerprint density at radius 2 is 2.18 bits per heavy atom. The molecule has 7 heteroatoms. The quantitative estimate of drug-likeness (QED) is 0.846. The Morgan fingerprint density at radius 3 is 2.82 bits per heavy atom. The van der Waals surface area contributed by atoms with Gasteiger partial charge in [-0.25, -0.2) is 4.79 Å². The molecule has 1 heterocycles. The van der Waals surface area contributed by atoms with Crippen molar-refractivity contribution in [3.63, 3.8) is 0 Å². The van der Waals surface area contributed by atoms with Crippen LogP contribution in [0.15, 0.2) is 6.07 Å². The lowest BCUT2D eigenvalue weighted by Gasteiger charge is -2.09. The average Bonchev–Trinajstić information content (AvgIpc) is 2.81. The highest BCUT2D eigenvalue weighted by atomic mass is 35.5. The summed E-state index contributed by atoms with van der Waals surface area (Å²) in [4.78, 5) is 11.6. The van der Waals surface area contributed by atoms with Crippen LogP contribution >= 0.6 is 11.6 Å². The Morgan fingerprint density at radius 1 is 1.47 bits per heavy atom. The maximum absolute atomic E-state index is 11.6. The number of esters is 1. The van der Waals surface area contributed by atoms with Crippen LogP contribution in [0.5, 0.6) is 5.75 Å². The van der Waals surface area contributed by atoms with Gasteiger partial charge in [-0.05, 0) is 13.0 Å². The Balaban J connectivity index is 2.72. The molecule has 0 aliphatic rings. The smallest absolute Gasteiger partial charge is 0.341 e. The molecule has 0 aliphatic carbocycles. The van der Waals surface area contributed by atoms with Crippen LogP contribution < -0.4 is 4.74 Å². The van der Waals surface area contributed by atoms with Crippen molar-refractivity contribution in [1.29, 1.82) is 0 Å². The number of aromatic amines is 1. The van der Waals surface area contributed by atoms with Crippen molar-refractivity contribution in [3.05, 3.63) is 16.7 Å². The first kappa shape index (κ1) is 11.7. The van der Waals surface area contributed by atoms with Gasteiger partial charge in [0, 0.05) is 0 Å². The van der Waals surface area contributed by atoms with Gasteiger partial charge in [-0.15, -0.1) is 0 Å². The number of fused-ring (bicyclic) bond motifs is 1. The van der Waals surface area contributed by atoms with E-state index in [1.54, 1.807) is 0 Å². The molecule has 0 unspecified atom stereocenters. The summed E-state index contributed by atoms with van der Waals surface area (Å²) >= 11 is 5.99. The Bertz CT molecular complexity index is 567. The molecule has 2 rings (SSSR count). The lowest BCUT2D eigenvalue weighted by Crippen LogP contribution is -2.06. The first-order valence-corrected chi connectivity index (χ1v) is 5.31. The van der Waals surface area contributed by atoms with Gasteiger partial charge in [-0.3, -0.25) is 0 Å². The molecule has 0 atom stereocenters. The molecule has 0 aliphatic heterocycles. The molecule has 17 heavy (non-hydrogen) atoms. The minimum absolute atomic E-state index is 0.237. The van der Waals surface area contributed by atoms with E-state index in [9.17, 15) is 4.79 Å². The zero-order valence-corrected chi connectivity index (χ0v) is 10.0. The summed E-state index contributed by atoms with van der Waals surface area (Å²) in [5.41, 5.74) is 1.11. The monoisotopic (exact) mass is 255 g/mol. The van der Waals surface area contributed by atoms with Crippen molar-refractivity contribution in [2.24, 2.45) is 0 Å². The number of methoxy groups -OCH3 is 1. The van der Waals surface area contributed by atoms with E-state index >= 15 is 0 Å². The molecule has 90 valence electrons. The van der Waals surface area contributed by atoms with E-state index in [1.165, 1.54) is 13.2 Å². The van der Waals surface area contributed by atoms with Gasteiger partial charge in [0.1, 0.15) is 11.1 Å². The summed E-state index contributed by atoms with van der Waals surface area (Å²) in [5.74, 6) is -0.201. The molecular weight excluding hydrogens is 246 g/mol. The molecule has 1 aromatic heterocycles. The molecular formula is C10H10ClN3O3. The second-order valence-corrected chi connectivity index (χ2v) is 3.59. The van der Waals surface area contributed by atoms with Gasteiger partial charge in [0.25, 0.3) is 0 Å². The zero-order valence-electron chi connectivity index (χ0n) is 9.28. The highest BCUT2D eigenvalue weighted by Gasteiger charge is 2.21. The minimum Gasteiger partial charge on any atom is -0.491 e. The first-order valence-electron chi connectivity index (χ1n) is 4.93. The number of hydrogen-bond acceptors (Lipinski definition) is 5. The Hall–Kier alpha value is -1.82. The number of carbonyl (C=O) groups excluding carboxylic acids is 1. The highest BCUT2D eigenvalue weighted by Crippen LogP contribution is 2.33. The standard InChI is InChI=1S/C10H10ClN3O3/c1-3-17-9-5(10(15)16-2)4-6(11)7-8(9)13-14-12-7/h4H,3H2,1-2H3,(H,12,13,14). The number of rotatable bonds is 3. The van der Waals surface area contributed by atoms with E-state index in [2.05, 4.69) is 20.1 Å². The van der Waals surface area contributed by atoms with Crippen molar-refractivity contribution in [1.82, 2.24) is 15.4 Å². The highest BCUT2D eigenvalue weighted by molar-refractivity contribution is 6.35. The third kappa shape index (κ3) is 1.91. The summed E-state index contributed by atoms with van der Waals surface area (Å²) in [6.07, 6.45) is 0. The third-order valence-electron chi connectivity index (χ3n) is 2.20. The predicted octanol–water partition coefficient (Wildman–Crippen LogP) is 1.80. The third-order valence-corrected chi connectivity index (χ3v) is 2.49. The summed E-state index contributed by atoms with van der Waals surface area (Å²) in [6, 6.07) is 1.46. The van der Waals surface area contributed by atoms with Gasteiger partial charge in [0.05, 0.1) is 18.7 Å². The van der Waals surface area contributed by atoms with Gasteiger partial charge >= 0.3 is 5.97 Å². The van der Waals surface area contributed by atoms with E-state index in [0.29, 0.717) is 28.4 Å². The summed E-state index contributed by atoms with van der Waals surface area (Å²) in [6.45, 7) is 2.20. The summed E-state index contributed by atoms with van der Waals surface area (Å²) in [7, 11) is 1.29.